The molecule has 0 aromatic heterocycles. The second-order valence-corrected chi connectivity index (χ2v) is 7.40. The fourth-order valence-corrected chi connectivity index (χ4v) is 4.50. The summed E-state index contributed by atoms with van der Waals surface area (Å²) in [5.74, 6) is 0. The first-order valence-corrected chi connectivity index (χ1v) is 9.38. The van der Waals surface area contributed by atoms with Gasteiger partial charge in [0.05, 0.1) is 0 Å². The van der Waals surface area contributed by atoms with Gasteiger partial charge in [0.1, 0.15) is 0 Å². The molecular weight excluding hydrogens is 324 g/mol. The molecule has 0 saturated heterocycles. The summed E-state index contributed by atoms with van der Waals surface area (Å²) in [6.45, 7) is 0. The van der Waals surface area contributed by atoms with Crippen LogP contribution in [0, 0.1) is 0 Å². The smallest absolute Gasteiger partial charge is 0.0406 e. The van der Waals surface area contributed by atoms with Gasteiger partial charge >= 0.3 is 0 Å². The average Bonchev–Trinajstić information content (AvgIpc) is 2.67. The first kappa shape index (κ1) is 15.0. The standard InChI is InChI=1S/C24H19Cl/c25-19-12-8-17(9-13-19)21-7-3-5-18-11-14-22-20-6-2-1-4-16(20)10-15-23(22)24(18)21/h1-2,4,6,8-9,11-15H,3,5,7,10H2. The minimum absolute atomic E-state index is 0.802. The van der Waals surface area contributed by atoms with E-state index in [2.05, 4.69) is 54.6 Å². The number of benzene rings is 3. The first-order chi connectivity index (χ1) is 12.3. The number of rotatable bonds is 1. The zero-order chi connectivity index (χ0) is 16.8. The van der Waals surface area contributed by atoms with E-state index in [1.807, 2.05) is 12.1 Å². The van der Waals surface area contributed by atoms with Gasteiger partial charge in [-0.3, -0.25) is 0 Å². The predicted molar refractivity (Wildman–Crippen MR) is 106 cm³/mol. The molecule has 2 aliphatic carbocycles. The Labute approximate surface area is 153 Å². The van der Waals surface area contributed by atoms with Gasteiger partial charge in [-0.1, -0.05) is 66.2 Å². The van der Waals surface area contributed by atoms with Crippen molar-refractivity contribution in [2.45, 2.75) is 25.7 Å². The van der Waals surface area contributed by atoms with Crippen LogP contribution < -0.4 is 10.4 Å². The van der Waals surface area contributed by atoms with E-state index in [4.69, 9.17) is 11.6 Å². The van der Waals surface area contributed by atoms with E-state index in [0.29, 0.717) is 0 Å². The van der Waals surface area contributed by atoms with E-state index in [1.165, 1.54) is 56.7 Å². The Morgan fingerprint density at radius 1 is 0.720 bits per heavy atom. The van der Waals surface area contributed by atoms with Gasteiger partial charge in [0, 0.05) is 5.02 Å². The van der Waals surface area contributed by atoms with Crippen molar-refractivity contribution in [2.75, 3.05) is 0 Å². The molecule has 0 fully saturated rings. The highest BCUT2D eigenvalue weighted by molar-refractivity contribution is 6.30. The maximum absolute atomic E-state index is 6.11. The van der Waals surface area contributed by atoms with Crippen LogP contribution in [0.4, 0.5) is 0 Å². The molecule has 0 nitrogen and oxygen atoms in total. The summed E-state index contributed by atoms with van der Waals surface area (Å²) in [6.07, 6.45) is 6.99. The van der Waals surface area contributed by atoms with E-state index in [-0.39, 0.29) is 0 Å². The van der Waals surface area contributed by atoms with E-state index in [9.17, 15) is 0 Å². The molecule has 3 aromatic carbocycles. The molecule has 25 heavy (non-hydrogen) atoms. The number of hydrogen-bond acceptors (Lipinski definition) is 0. The molecule has 0 bridgehead atoms. The Balaban J connectivity index is 1.86. The van der Waals surface area contributed by atoms with Gasteiger partial charge in [-0.25, -0.2) is 0 Å². The molecule has 0 amide bonds. The molecule has 0 saturated carbocycles. The summed E-state index contributed by atoms with van der Waals surface area (Å²) in [4.78, 5) is 0. The second-order valence-electron chi connectivity index (χ2n) is 6.97. The lowest BCUT2D eigenvalue weighted by Gasteiger charge is -2.21. The van der Waals surface area contributed by atoms with E-state index in [0.717, 1.165) is 17.9 Å². The van der Waals surface area contributed by atoms with Crippen LogP contribution in [0.3, 0.4) is 0 Å². The minimum atomic E-state index is 0.802. The van der Waals surface area contributed by atoms with Crippen molar-refractivity contribution >= 4 is 23.3 Å². The molecule has 0 unspecified atom stereocenters. The summed E-state index contributed by atoms with van der Waals surface area (Å²) >= 11 is 6.11. The SMILES string of the molecule is Clc1ccc(C2=c3c(ccc4c3=CCc3ccccc3-4)CCC2)cc1. The Hall–Kier alpha value is -2.31. The number of halogens is 1. The van der Waals surface area contributed by atoms with E-state index in [1.54, 1.807) is 0 Å². The van der Waals surface area contributed by atoms with Crippen LogP contribution in [-0.4, -0.2) is 0 Å². The third-order valence-electron chi connectivity index (χ3n) is 5.53. The van der Waals surface area contributed by atoms with Gasteiger partial charge in [0.15, 0.2) is 0 Å². The van der Waals surface area contributed by atoms with Crippen molar-refractivity contribution in [3.63, 3.8) is 0 Å². The van der Waals surface area contributed by atoms with Crippen molar-refractivity contribution in [1.29, 1.82) is 0 Å². The monoisotopic (exact) mass is 342 g/mol. The summed E-state index contributed by atoms with van der Waals surface area (Å²) in [6, 6.07) is 21.8. The topological polar surface area (TPSA) is 0 Å². The third-order valence-corrected chi connectivity index (χ3v) is 5.78. The van der Waals surface area contributed by atoms with Gasteiger partial charge in [-0.2, -0.15) is 0 Å². The second kappa shape index (κ2) is 5.89. The molecule has 0 atom stereocenters. The van der Waals surface area contributed by atoms with Crippen LogP contribution in [0.2, 0.25) is 5.02 Å². The average molecular weight is 343 g/mol. The lowest BCUT2D eigenvalue weighted by molar-refractivity contribution is 0.818. The normalized spacial score (nSPS) is 15.0. The van der Waals surface area contributed by atoms with Gasteiger partial charge in [0.25, 0.3) is 0 Å². The van der Waals surface area contributed by atoms with Crippen molar-refractivity contribution in [1.82, 2.24) is 0 Å². The number of aryl methyl sites for hydroxylation is 1. The molecule has 0 spiro atoms. The quantitative estimate of drug-likeness (QED) is 0.591. The predicted octanol–water partition coefficient (Wildman–Crippen LogP) is 4.88. The number of hydrogen-bond donors (Lipinski definition) is 0. The zero-order valence-corrected chi connectivity index (χ0v) is 14.8. The lowest BCUT2D eigenvalue weighted by Crippen LogP contribution is -2.36. The van der Waals surface area contributed by atoms with E-state index < -0.39 is 0 Å². The Morgan fingerprint density at radius 3 is 2.44 bits per heavy atom. The molecule has 0 aliphatic heterocycles. The van der Waals surface area contributed by atoms with Crippen molar-refractivity contribution in [2.24, 2.45) is 0 Å². The maximum Gasteiger partial charge on any atom is 0.0406 e. The molecule has 5 rings (SSSR count). The third kappa shape index (κ3) is 2.44. The molecule has 3 aromatic rings. The molecule has 0 N–H and O–H groups in total. The van der Waals surface area contributed by atoms with Gasteiger partial charge in [-0.15, -0.1) is 0 Å². The van der Waals surface area contributed by atoms with Crippen LogP contribution in [0.5, 0.6) is 0 Å². The molecular formula is C24H19Cl. The Kier molecular flexibility index (Phi) is 3.53. The zero-order valence-electron chi connectivity index (χ0n) is 14.1. The van der Waals surface area contributed by atoms with Crippen LogP contribution in [0.15, 0.2) is 60.7 Å². The fraction of sp³-hybridized carbons (Fsp3) is 0.167. The minimum Gasteiger partial charge on any atom is -0.0843 e. The molecule has 0 heterocycles. The first-order valence-electron chi connectivity index (χ1n) is 9.01. The molecule has 0 radical (unpaired) electrons. The summed E-state index contributed by atoms with van der Waals surface area (Å²) in [5, 5.41) is 3.71. The Bertz CT molecular complexity index is 1090. The molecule has 2 aliphatic rings. The summed E-state index contributed by atoms with van der Waals surface area (Å²) < 4.78 is 0. The van der Waals surface area contributed by atoms with Gasteiger partial charge < -0.3 is 0 Å². The number of fused-ring (bicyclic) bond motifs is 5. The van der Waals surface area contributed by atoms with Crippen LogP contribution >= 0.6 is 11.6 Å². The van der Waals surface area contributed by atoms with Crippen LogP contribution in [0.1, 0.15) is 29.5 Å². The highest BCUT2D eigenvalue weighted by Crippen LogP contribution is 2.27. The van der Waals surface area contributed by atoms with Crippen molar-refractivity contribution < 1.29 is 0 Å². The maximum atomic E-state index is 6.11. The van der Waals surface area contributed by atoms with Gasteiger partial charge in [0.2, 0.25) is 0 Å². The highest BCUT2D eigenvalue weighted by Gasteiger charge is 2.17. The highest BCUT2D eigenvalue weighted by atomic mass is 35.5. The van der Waals surface area contributed by atoms with Crippen LogP contribution in [0.25, 0.3) is 22.8 Å². The van der Waals surface area contributed by atoms with E-state index >= 15 is 0 Å². The molecule has 1 heteroatoms. The lowest BCUT2D eigenvalue weighted by atomic mass is 9.83. The van der Waals surface area contributed by atoms with Crippen LogP contribution in [-0.2, 0) is 12.8 Å². The Morgan fingerprint density at radius 2 is 1.56 bits per heavy atom. The summed E-state index contributed by atoms with van der Waals surface area (Å²) in [5.41, 5.74) is 8.48. The van der Waals surface area contributed by atoms with Gasteiger partial charge in [-0.05, 0) is 81.6 Å². The van der Waals surface area contributed by atoms with Crippen molar-refractivity contribution in [3.8, 4) is 11.1 Å². The fourth-order valence-electron chi connectivity index (χ4n) is 4.37. The largest absolute Gasteiger partial charge is 0.0843 e. The molecule has 122 valence electrons. The van der Waals surface area contributed by atoms with Crippen molar-refractivity contribution in [3.05, 3.63) is 92.8 Å². The summed E-state index contributed by atoms with van der Waals surface area (Å²) in [7, 11) is 0.